The molecule has 0 unspecified atom stereocenters. The lowest BCUT2D eigenvalue weighted by atomic mass is 10.00. The van der Waals surface area contributed by atoms with Crippen LogP contribution in [0.1, 0.15) is 13.3 Å². The van der Waals surface area contributed by atoms with E-state index >= 15 is 0 Å². The zero-order valence-corrected chi connectivity index (χ0v) is 14.2. The average molecular weight is 347 g/mol. The number of rotatable bonds is 5. The lowest BCUT2D eigenvalue weighted by Crippen LogP contribution is -2.11. The van der Waals surface area contributed by atoms with Gasteiger partial charge in [-0.05, 0) is 40.6 Å². The summed E-state index contributed by atoms with van der Waals surface area (Å²) in [6.45, 7) is 2.67. The number of nitrogens with one attached hydrogen (secondary N) is 2. The molecule has 26 heavy (non-hydrogen) atoms. The number of hydrogen-bond acceptors (Lipinski definition) is 5. The molecule has 0 radical (unpaired) electrons. The number of aromatic nitrogens is 5. The number of benzene rings is 2. The Hall–Kier alpha value is -3.48. The van der Waals surface area contributed by atoms with Crippen molar-refractivity contribution in [2.75, 3.05) is 6.61 Å². The van der Waals surface area contributed by atoms with E-state index in [1.165, 1.54) is 0 Å². The zero-order valence-electron chi connectivity index (χ0n) is 14.2. The van der Waals surface area contributed by atoms with Gasteiger partial charge in [0.05, 0.1) is 17.9 Å². The van der Waals surface area contributed by atoms with E-state index < -0.39 is 0 Å². The summed E-state index contributed by atoms with van der Waals surface area (Å²) in [5.41, 5.74) is 1.63. The second-order valence-electron chi connectivity index (χ2n) is 5.86. The minimum Gasteiger partial charge on any atom is -0.493 e. The van der Waals surface area contributed by atoms with Crippen molar-refractivity contribution in [3.05, 3.63) is 58.9 Å². The van der Waals surface area contributed by atoms with Crippen LogP contribution in [-0.2, 0) is 0 Å². The highest BCUT2D eigenvalue weighted by atomic mass is 16.5. The molecule has 2 aromatic carbocycles. The summed E-state index contributed by atoms with van der Waals surface area (Å²) in [6.07, 6.45) is 0.902. The molecule has 0 aliphatic rings. The summed E-state index contributed by atoms with van der Waals surface area (Å²) < 4.78 is 5.93. The van der Waals surface area contributed by atoms with E-state index in [4.69, 9.17) is 4.74 Å². The lowest BCUT2D eigenvalue weighted by molar-refractivity contribution is 0.319. The fourth-order valence-electron chi connectivity index (χ4n) is 2.93. The van der Waals surface area contributed by atoms with Gasteiger partial charge in [-0.1, -0.05) is 37.3 Å². The van der Waals surface area contributed by atoms with Gasteiger partial charge in [0.1, 0.15) is 5.75 Å². The van der Waals surface area contributed by atoms with Gasteiger partial charge in [-0.25, -0.2) is 0 Å². The van der Waals surface area contributed by atoms with E-state index in [0.29, 0.717) is 17.9 Å². The molecule has 4 aromatic rings. The Kier molecular flexibility index (Phi) is 4.18. The summed E-state index contributed by atoms with van der Waals surface area (Å²) in [6, 6.07) is 15.5. The molecule has 0 atom stereocenters. The van der Waals surface area contributed by atoms with E-state index in [1.807, 2.05) is 42.5 Å². The first-order valence-corrected chi connectivity index (χ1v) is 8.40. The minimum absolute atomic E-state index is 0.262. The second kappa shape index (κ2) is 6.79. The van der Waals surface area contributed by atoms with Crippen LogP contribution >= 0.6 is 0 Å². The minimum atomic E-state index is -0.279. The van der Waals surface area contributed by atoms with Crippen molar-refractivity contribution < 1.29 is 4.74 Å². The van der Waals surface area contributed by atoms with Crippen molar-refractivity contribution in [1.82, 2.24) is 25.6 Å². The first kappa shape index (κ1) is 16.0. The number of aromatic amines is 2. The summed E-state index contributed by atoms with van der Waals surface area (Å²) >= 11 is 0. The number of pyridine rings is 1. The first-order chi connectivity index (χ1) is 12.8. The Morgan fingerprint density at radius 3 is 2.73 bits per heavy atom. The van der Waals surface area contributed by atoms with Gasteiger partial charge in [0.15, 0.2) is 0 Å². The van der Waals surface area contributed by atoms with Gasteiger partial charge >= 0.3 is 0 Å². The molecular formula is C19H17N5O2. The Labute approximate surface area is 149 Å². The third-order valence-electron chi connectivity index (χ3n) is 4.12. The highest BCUT2D eigenvalue weighted by Crippen LogP contribution is 2.36. The third-order valence-corrected chi connectivity index (χ3v) is 4.12. The maximum atomic E-state index is 12.6. The Bertz CT molecular complexity index is 1100. The maximum absolute atomic E-state index is 12.6. The Balaban J connectivity index is 1.90. The zero-order chi connectivity index (χ0) is 17.9. The molecule has 7 nitrogen and oxygen atoms in total. The standard InChI is InChI=1S/C19H17N5O2/c1-2-11-26-16-10-7-12-5-3-4-6-13(12)17(16)15-9-8-14(19(25)20-15)18-21-23-24-22-18/h3-10H,2,11H2,1H3,(H,20,25)(H,21,22,23,24). The normalized spacial score (nSPS) is 11.0. The number of hydrogen-bond donors (Lipinski definition) is 2. The van der Waals surface area contributed by atoms with Gasteiger partial charge in [0.2, 0.25) is 5.82 Å². The summed E-state index contributed by atoms with van der Waals surface area (Å²) in [4.78, 5) is 15.5. The van der Waals surface area contributed by atoms with Crippen molar-refractivity contribution in [1.29, 1.82) is 0 Å². The third kappa shape index (κ3) is 2.83. The van der Waals surface area contributed by atoms with Crippen LogP contribution in [0.15, 0.2) is 53.3 Å². The van der Waals surface area contributed by atoms with Gasteiger partial charge in [-0.15, -0.1) is 10.2 Å². The highest BCUT2D eigenvalue weighted by Gasteiger charge is 2.15. The Morgan fingerprint density at radius 1 is 1.08 bits per heavy atom. The van der Waals surface area contributed by atoms with Gasteiger partial charge in [-0.2, -0.15) is 5.21 Å². The maximum Gasteiger partial charge on any atom is 0.259 e. The molecule has 2 aromatic heterocycles. The van der Waals surface area contributed by atoms with Crippen LogP contribution < -0.4 is 10.3 Å². The molecule has 0 saturated carbocycles. The predicted octanol–water partition coefficient (Wildman–Crippen LogP) is 3.16. The molecule has 4 rings (SSSR count). The molecule has 0 aliphatic heterocycles. The summed E-state index contributed by atoms with van der Waals surface area (Å²) in [5, 5.41) is 15.7. The molecule has 0 saturated heterocycles. The van der Waals surface area contributed by atoms with Crippen molar-refractivity contribution in [2.24, 2.45) is 0 Å². The molecule has 0 bridgehead atoms. The van der Waals surface area contributed by atoms with Crippen molar-refractivity contribution >= 4 is 10.8 Å². The Morgan fingerprint density at radius 2 is 1.96 bits per heavy atom. The second-order valence-corrected chi connectivity index (χ2v) is 5.86. The first-order valence-electron chi connectivity index (χ1n) is 8.40. The van der Waals surface area contributed by atoms with E-state index in [-0.39, 0.29) is 11.4 Å². The van der Waals surface area contributed by atoms with E-state index in [9.17, 15) is 4.79 Å². The molecule has 0 fully saturated rings. The van der Waals surface area contributed by atoms with Gasteiger partial charge in [0, 0.05) is 5.56 Å². The summed E-state index contributed by atoms with van der Waals surface area (Å²) in [7, 11) is 0. The number of fused-ring (bicyclic) bond motifs is 1. The molecule has 7 heteroatoms. The van der Waals surface area contributed by atoms with Crippen molar-refractivity contribution in [2.45, 2.75) is 13.3 Å². The molecule has 0 spiro atoms. The summed E-state index contributed by atoms with van der Waals surface area (Å²) in [5.74, 6) is 1.01. The van der Waals surface area contributed by atoms with Crippen molar-refractivity contribution in [3.8, 4) is 28.4 Å². The number of tetrazole rings is 1. The van der Waals surface area contributed by atoms with Crippen LogP contribution in [0.5, 0.6) is 5.75 Å². The lowest BCUT2D eigenvalue weighted by Gasteiger charge is -2.14. The number of ether oxygens (including phenoxy) is 1. The van der Waals surface area contributed by atoms with Gasteiger partial charge < -0.3 is 9.72 Å². The SMILES string of the molecule is CCCOc1ccc2ccccc2c1-c1ccc(-c2nn[nH]n2)c(=O)[nH]1. The van der Waals surface area contributed by atoms with Gasteiger partial charge in [0.25, 0.3) is 5.56 Å². The largest absolute Gasteiger partial charge is 0.493 e. The smallest absolute Gasteiger partial charge is 0.259 e. The van der Waals surface area contributed by atoms with Crippen LogP contribution in [0.25, 0.3) is 33.4 Å². The van der Waals surface area contributed by atoms with Gasteiger partial charge in [-0.3, -0.25) is 4.79 Å². The van der Waals surface area contributed by atoms with E-state index in [0.717, 1.165) is 28.5 Å². The van der Waals surface area contributed by atoms with Crippen molar-refractivity contribution in [3.63, 3.8) is 0 Å². The molecule has 2 N–H and O–H groups in total. The predicted molar refractivity (Wildman–Crippen MR) is 99.0 cm³/mol. The quantitative estimate of drug-likeness (QED) is 0.578. The van der Waals surface area contributed by atoms with E-state index in [1.54, 1.807) is 6.07 Å². The van der Waals surface area contributed by atoms with Crippen LogP contribution in [0.4, 0.5) is 0 Å². The fraction of sp³-hybridized carbons (Fsp3) is 0.158. The highest BCUT2D eigenvalue weighted by molar-refractivity contribution is 5.99. The molecule has 0 amide bonds. The fourth-order valence-corrected chi connectivity index (χ4v) is 2.93. The monoisotopic (exact) mass is 347 g/mol. The number of nitrogens with zero attached hydrogens (tertiary/aromatic N) is 3. The molecule has 2 heterocycles. The van der Waals surface area contributed by atoms with Crippen LogP contribution in [0.3, 0.4) is 0 Å². The number of H-pyrrole nitrogens is 2. The molecule has 0 aliphatic carbocycles. The molecule has 130 valence electrons. The van der Waals surface area contributed by atoms with E-state index in [2.05, 4.69) is 32.5 Å². The van der Waals surface area contributed by atoms with Crippen LogP contribution in [-0.4, -0.2) is 32.2 Å². The average Bonchev–Trinajstić information content (AvgIpc) is 3.20. The van der Waals surface area contributed by atoms with Crippen LogP contribution in [0.2, 0.25) is 0 Å². The molecular weight excluding hydrogens is 330 g/mol. The topological polar surface area (TPSA) is 96.6 Å². The van der Waals surface area contributed by atoms with Crippen LogP contribution in [0, 0.1) is 0 Å².